The van der Waals surface area contributed by atoms with Gasteiger partial charge in [0.15, 0.2) is 6.10 Å². The Morgan fingerprint density at radius 3 is 2.56 bits per heavy atom. The molecule has 1 heterocycles. The first-order chi connectivity index (χ1) is 12.8. The van der Waals surface area contributed by atoms with Crippen molar-refractivity contribution < 1.29 is 22.4 Å². The lowest BCUT2D eigenvalue weighted by Crippen LogP contribution is -2.15. The van der Waals surface area contributed by atoms with Crippen LogP contribution in [0.4, 0.5) is 0 Å². The second-order valence-electron chi connectivity index (χ2n) is 5.55. The molecule has 8 nitrogen and oxygen atoms in total. The van der Waals surface area contributed by atoms with E-state index in [0.29, 0.717) is 0 Å². The van der Waals surface area contributed by atoms with E-state index in [9.17, 15) is 13.2 Å². The Bertz CT molecular complexity index is 1080. The van der Waals surface area contributed by atoms with E-state index < -0.39 is 22.1 Å². The molecule has 0 fully saturated rings. The van der Waals surface area contributed by atoms with Gasteiger partial charge in [-0.15, -0.1) is 10.2 Å². The van der Waals surface area contributed by atoms with E-state index in [1.54, 1.807) is 12.1 Å². The van der Waals surface area contributed by atoms with E-state index in [1.165, 1.54) is 19.1 Å². The highest BCUT2D eigenvalue weighted by atomic mass is 35.5. The van der Waals surface area contributed by atoms with Crippen LogP contribution in [-0.2, 0) is 14.8 Å². The van der Waals surface area contributed by atoms with Crippen molar-refractivity contribution in [1.82, 2.24) is 10.2 Å². The summed E-state index contributed by atoms with van der Waals surface area (Å²) in [5, 5.41) is 12.9. The quantitative estimate of drug-likeness (QED) is 0.644. The number of nitrogens with zero attached hydrogens (tertiary/aromatic N) is 2. The molecule has 27 heavy (non-hydrogen) atoms. The van der Waals surface area contributed by atoms with Crippen molar-refractivity contribution >= 4 is 27.6 Å². The fourth-order valence-electron chi connectivity index (χ4n) is 2.21. The van der Waals surface area contributed by atoms with Crippen molar-refractivity contribution in [3.63, 3.8) is 0 Å². The molecular weight excluding hydrogens is 394 g/mol. The molecule has 0 saturated carbocycles. The van der Waals surface area contributed by atoms with Gasteiger partial charge in [0.1, 0.15) is 0 Å². The van der Waals surface area contributed by atoms with Crippen molar-refractivity contribution in [2.75, 3.05) is 0 Å². The summed E-state index contributed by atoms with van der Waals surface area (Å²) in [5.41, 5.74) is 0.580. The Balaban J connectivity index is 1.80. The summed E-state index contributed by atoms with van der Waals surface area (Å²) >= 11 is 5.97. The van der Waals surface area contributed by atoms with Crippen molar-refractivity contribution in [2.45, 2.75) is 17.9 Å². The predicted molar refractivity (Wildman–Crippen MR) is 96.4 cm³/mol. The van der Waals surface area contributed by atoms with Crippen LogP contribution in [0.25, 0.3) is 11.5 Å². The summed E-state index contributed by atoms with van der Waals surface area (Å²) in [6, 6.07) is 12.6. The van der Waals surface area contributed by atoms with E-state index in [4.69, 9.17) is 25.9 Å². The number of nitrogens with two attached hydrogens (primary N) is 1. The van der Waals surface area contributed by atoms with Crippen molar-refractivity contribution in [3.8, 4) is 11.5 Å². The molecule has 0 amide bonds. The van der Waals surface area contributed by atoms with E-state index in [1.807, 2.05) is 18.2 Å². The Morgan fingerprint density at radius 1 is 1.19 bits per heavy atom. The summed E-state index contributed by atoms with van der Waals surface area (Å²) in [4.78, 5) is 12.1. The second-order valence-corrected chi connectivity index (χ2v) is 7.51. The standard InChI is InChI=1S/C17H14ClN3O5S/c1-10(15-20-21-16(26-15)11-5-3-2-4-6-11)25-17(22)13-9-12(27(19,23)24)7-8-14(13)18/h2-10H,1H3,(H2,19,23,24). The van der Waals surface area contributed by atoms with E-state index in [-0.39, 0.29) is 27.3 Å². The first-order valence-electron chi connectivity index (χ1n) is 7.68. The molecule has 0 bridgehead atoms. The normalized spacial score (nSPS) is 12.6. The van der Waals surface area contributed by atoms with Gasteiger partial charge in [0, 0.05) is 5.56 Å². The molecule has 0 aliphatic rings. The largest absolute Gasteiger partial charge is 0.449 e. The zero-order valence-corrected chi connectivity index (χ0v) is 15.6. The Labute approximate surface area is 160 Å². The number of primary sulfonamides is 1. The molecule has 10 heteroatoms. The molecule has 0 spiro atoms. The van der Waals surface area contributed by atoms with Gasteiger partial charge in [0.25, 0.3) is 5.89 Å². The summed E-state index contributed by atoms with van der Waals surface area (Å²) in [5.74, 6) is -0.485. The SMILES string of the molecule is CC(OC(=O)c1cc(S(N)(=O)=O)ccc1Cl)c1nnc(-c2ccccc2)o1. The van der Waals surface area contributed by atoms with Gasteiger partial charge in [-0.2, -0.15) is 0 Å². The van der Waals surface area contributed by atoms with Gasteiger partial charge in [-0.25, -0.2) is 18.4 Å². The molecule has 0 aliphatic heterocycles. The average Bonchev–Trinajstić information content (AvgIpc) is 3.12. The lowest BCUT2D eigenvalue weighted by Gasteiger charge is -2.11. The summed E-state index contributed by atoms with van der Waals surface area (Å²) in [6.45, 7) is 1.54. The molecule has 1 unspecified atom stereocenters. The molecule has 2 aromatic carbocycles. The number of benzene rings is 2. The first-order valence-corrected chi connectivity index (χ1v) is 9.60. The number of aromatic nitrogens is 2. The Hall–Kier alpha value is -2.75. The number of hydrogen-bond acceptors (Lipinski definition) is 7. The molecule has 1 atom stereocenters. The average molecular weight is 408 g/mol. The van der Waals surface area contributed by atoms with Gasteiger partial charge < -0.3 is 9.15 Å². The Morgan fingerprint density at radius 2 is 1.89 bits per heavy atom. The fraction of sp³-hybridized carbons (Fsp3) is 0.118. The summed E-state index contributed by atoms with van der Waals surface area (Å²) in [6.07, 6.45) is -0.878. The first kappa shape index (κ1) is 19.0. The maximum Gasteiger partial charge on any atom is 0.340 e. The number of esters is 1. The molecule has 2 N–H and O–H groups in total. The fourth-order valence-corrected chi connectivity index (χ4v) is 2.94. The molecule has 0 aliphatic carbocycles. The lowest BCUT2D eigenvalue weighted by atomic mass is 10.2. The molecular formula is C17H14ClN3O5S. The number of ether oxygens (including phenoxy) is 1. The van der Waals surface area contributed by atoms with Crippen molar-refractivity contribution in [1.29, 1.82) is 0 Å². The minimum atomic E-state index is -3.99. The maximum atomic E-state index is 12.4. The maximum absolute atomic E-state index is 12.4. The number of halogens is 1. The number of carbonyl (C=O) groups is 1. The van der Waals surface area contributed by atoms with Gasteiger partial charge >= 0.3 is 5.97 Å². The zero-order valence-electron chi connectivity index (χ0n) is 14.0. The molecule has 0 saturated heterocycles. The van der Waals surface area contributed by atoms with Crippen LogP contribution in [0.1, 0.15) is 29.3 Å². The number of rotatable bonds is 5. The minimum absolute atomic E-state index is 0.0232. The zero-order chi connectivity index (χ0) is 19.6. The third-order valence-corrected chi connectivity index (χ3v) is 4.82. The van der Waals surface area contributed by atoms with Crippen molar-refractivity contribution in [2.24, 2.45) is 5.14 Å². The molecule has 140 valence electrons. The van der Waals surface area contributed by atoms with Crippen LogP contribution in [0, 0.1) is 0 Å². The smallest absolute Gasteiger partial charge is 0.340 e. The highest BCUT2D eigenvalue weighted by molar-refractivity contribution is 7.89. The van der Waals surface area contributed by atoms with Crippen LogP contribution < -0.4 is 5.14 Å². The predicted octanol–water partition coefficient (Wildman–Crippen LogP) is 2.96. The topological polar surface area (TPSA) is 125 Å². The van der Waals surface area contributed by atoms with Gasteiger partial charge in [0.2, 0.25) is 15.9 Å². The lowest BCUT2D eigenvalue weighted by molar-refractivity contribution is 0.0280. The van der Waals surface area contributed by atoms with Crippen LogP contribution in [0.15, 0.2) is 57.8 Å². The van der Waals surface area contributed by atoms with E-state index >= 15 is 0 Å². The molecule has 1 aromatic heterocycles. The summed E-state index contributed by atoms with van der Waals surface area (Å²) in [7, 11) is -3.99. The highest BCUT2D eigenvalue weighted by Crippen LogP contribution is 2.25. The molecule has 3 rings (SSSR count). The van der Waals surface area contributed by atoms with Crippen LogP contribution in [0.2, 0.25) is 5.02 Å². The molecule has 0 radical (unpaired) electrons. The third-order valence-electron chi connectivity index (χ3n) is 3.58. The minimum Gasteiger partial charge on any atom is -0.449 e. The summed E-state index contributed by atoms with van der Waals surface area (Å²) < 4.78 is 33.7. The van der Waals surface area contributed by atoms with Crippen LogP contribution in [-0.4, -0.2) is 24.6 Å². The highest BCUT2D eigenvalue weighted by Gasteiger charge is 2.23. The van der Waals surface area contributed by atoms with Gasteiger partial charge in [-0.3, -0.25) is 0 Å². The van der Waals surface area contributed by atoms with Crippen LogP contribution in [0.3, 0.4) is 0 Å². The number of hydrogen-bond donors (Lipinski definition) is 1. The second kappa shape index (κ2) is 7.47. The monoisotopic (exact) mass is 407 g/mol. The number of sulfonamides is 1. The van der Waals surface area contributed by atoms with E-state index in [2.05, 4.69) is 10.2 Å². The van der Waals surface area contributed by atoms with Gasteiger partial charge in [-0.1, -0.05) is 29.8 Å². The Kier molecular flexibility index (Phi) is 5.26. The van der Waals surface area contributed by atoms with Crippen LogP contribution in [0.5, 0.6) is 0 Å². The van der Waals surface area contributed by atoms with Crippen LogP contribution >= 0.6 is 11.6 Å². The molecule has 3 aromatic rings. The van der Waals surface area contributed by atoms with Gasteiger partial charge in [-0.05, 0) is 37.3 Å². The van der Waals surface area contributed by atoms with Gasteiger partial charge in [0.05, 0.1) is 15.5 Å². The van der Waals surface area contributed by atoms with E-state index in [0.717, 1.165) is 11.6 Å². The third kappa shape index (κ3) is 4.33. The van der Waals surface area contributed by atoms with Crippen molar-refractivity contribution in [3.05, 3.63) is 65.0 Å². The number of carbonyl (C=O) groups excluding carboxylic acids is 1.